The van der Waals surface area contributed by atoms with E-state index in [2.05, 4.69) is 4.98 Å². The summed E-state index contributed by atoms with van der Waals surface area (Å²) in [6.07, 6.45) is 1.10. The van der Waals surface area contributed by atoms with Gasteiger partial charge in [0.05, 0.1) is 11.0 Å². The number of benzene rings is 1. The highest BCUT2D eigenvalue weighted by Crippen LogP contribution is 2.18. The molecule has 0 unspecified atom stereocenters. The van der Waals surface area contributed by atoms with Crippen LogP contribution in [0.1, 0.15) is 12.7 Å². The number of hydrogen-bond donors (Lipinski definition) is 1. The largest absolute Gasteiger partial charge is 0.480 e. The van der Waals surface area contributed by atoms with Gasteiger partial charge in [-0.05, 0) is 19.1 Å². The smallest absolute Gasteiger partial charge is 0.323 e. The molecule has 0 aliphatic carbocycles. The first kappa shape index (κ1) is 17.9. The summed E-state index contributed by atoms with van der Waals surface area (Å²) in [5.41, 5.74) is 1.22. The molecule has 0 saturated carbocycles. The average Bonchev–Trinajstić information content (AvgIpc) is 2.80. The molecule has 9 heteroatoms. The third kappa shape index (κ3) is 4.31. The number of likely N-dealkylation sites (N-methyl/N-ethyl adjacent to an activating group) is 1. The number of amides is 1. The number of aromatic nitrogens is 2. The van der Waals surface area contributed by atoms with Crippen molar-refractivity contribution in [2.75, 3.05) is 19.3 Å². The second-order valence-corrected chi connectivity index (χ2v) is 7.61. The fraction of sp³-hybridized carbons (Fsp3) is 0.400. The monoisotopic (exact) mass is 353 g/mol. The van der Waals surface area contributed by atoms with E-state index in [9.17, 15) is 18.0 Å². The molecular weight excluding hydrogens is 334 g/mol. The number of para-hydroxylation sites is 2. The zero-order chi connectivity index (χ0) is 17.9. The van der Waals surface area contributed by atoms with Gasteiger partial charge in [0.1, 0.15) is 24.7 Å². The van der Waals surface area contributed by atoms with Gasteiger partial charge in [0.2, 0.25) is 5.91 Å². The fourth-order valence-electron chi connectivity index (χ4n) is 2.42. The minimum absolute atomic E-state index is 0.160. The van der Waals surface area contributed by atoms with Crippen LogP contribution in [0, 0.1) is 0 Å². The van der Waals surface area contributed by atoms with Crippen molar-refractivity contribution in [3.05, 3.63) is 30.1 Å². The van der Waals surface area contributed by atoms with Gasteiger partial charge < -0.3 is 14.6 Å². The van der Waals surface area contributed by atoms with Gasteiger partial charge in [-0.1, -0.05) is 12.1 Å². The molecule has 2 aromatic rings. The van der Waals surface area contributed by atoms with Crippen LogP contribution in [0.25, 0.3) is 11.0 Å². The Bertz CT molecular complexity index is 872. The maximum atomic E-state index is 12.4. The van der Waals surface area contributed by atoms with Crippen molar-refractivity contribution < 1.29 is 23.1 Å². The molecule has 1 amide bonds. The van der Waals surface area contributed by atoms with E-state index in [1.54, 1.807) is 31.2 Å². The minimum Gasteiger partial charge on any atom is -0.480 e. The first-order valence-corrected chi connectivity index (χ1v) is 9.38. The molecule has 8 nitrogen and oxygen atoms in total. The third-order valence-corrected chi connectivity index (χ3v) is 4.26. The van der Waals surface area contributed by atoms with Gasteiger partial charge >= 0.3 is 5.97 Å². The molecule has 0 radical (unpaired) electrons. The summed E-state index contributed by atoms with van der Waals surface area (Å²) in [5, 5.41) is 8.88. The maximum absolute atomic E-state index is 12.4. The first-order valence-electron chi connectivity index (χ1n) is 7.32. The van der Waals surface area contributed by atoms with Crippen molar-refractivity contribution in [1.29, 1.82) is 0 Å². The Morgan fingerprint density at radius 1 is 1.29 bits per heavy atom. The lowest BCUT2D eigenvalue weighted by Gasteiger charge is -2.19. The Labute approximate surface area is 139 Å². The summed E-state index contributed by atoms with van der Waals surface area (Å²) in [7, 11) is -3.33. The molecule has 0 atom stereocenters. The molecule has 0 aliphatic heterocycles. The standard InChI is InChI=1S/C15H19N3O5S/c1-3-17(9-15(20)21)14(19)8-18-12-7-5-4-6-11(12)16-13(18)10-24(2,22)23/h4-7H,3,8-10H2,1-2H3,(H,20,21). The quantitative estimate of drug-likeness (QED) is 0.777. The number of imidazole rings is 1. The summed E-state index contributed by atoms with van der Waals surface area (Å²) in [4.78, 5) is 28.7. The second-order valence-electron chi connectivity index (χ2n) is 5.47. The summed E-state index contributed by atoms with van der Waals surface area (Å²) in [6, 6.07) is 7.02. The molecule has 0 fully saturated rings. The van der Waals surface area contributed by atoms with Crippen LogP contribution in [-0.4, -0.2) is 59.2 Å². The number of rotatable bonds is 7. The minimum atomic E-state index is -3.33. The van der Waals surface area contributed by atoms with Crippen molar-refractivity contribution in [3.8, 4) is 0 Å². The number of carbonyl (C=O) groups is 2. The Hall–Kier alpha value is -2.42. The zero-order valence-corrected chi connectivity index (χ0v) is 14.3. The Morgan fingerprint density at radius 2 is 1.96 bits per heavy atom. The van der Waals surface area contributed by atoms with Crippen LogP contribution >= 0.6 is 0 Å². The Morgan fingerprint density at radius 3 is 2.54 bits per heavy atom. The van der Waals surface area contributed by atoms with E-state index in [1.165, 1.54) is 9.47 Å². The number of aliphatic carboxylic acids is 1. The molecule has 1 heterocycles. The highest BCUT2D eigenvalue weighted by molar-refractivity contribution is 7.89. The molecule has 130 valence electrons. The van der Waals surface area contributed by atoms with Crippen LogP contribution in [0.2, 0.25) is 0 Å². The molecule has 1 N–H and O–H groups in total. The van der Waals surface area contributed by atoms with Crippen LogP contribution in [0.5, 0.6) is 0 Å². The Kier molecular flexibility index (Phi) is 5.23. The van der Waals surface area contributed by atoms with E-state index in [4.69, 9.17) is 5.11 Å². The fourth-order valence-corrected chi connectivity index (χ4v) is 3.11. The highest BCUT2D eigenvalue weighted by atomic mass is 32.2. The number of carboxylic acids is 1. The van der Waals surface area contributed by atoms with E-state index in [0.29, 0.717) is 11.0 Å². The SMILES string of the molecule is CCN(CC(=O)O)C(=O)Cn1c(CS(C)(=O)=O)nc2ccccc21. The molecular formula is C15H19N3O5S. The lowest BCUT2D eigenvalue weighted by atomic mass is 10.3. The first-order chi connectivity index (χ1) is 11.2. The molecule has 0 saturated heterocycles. The van der Waals surface area contributed by atoms with Crippen molar-refractivity contribution in [3.63, 3.8) is 0 Å². The molecule has 24 heavy (non-hydrogen) atoms. The predicted octanol–water partition coefficient (Wildman–Crippen LogP) is 0.514. The molecule has 0 aliphatic rings. The van der Waals surface area contributed by atoms with Gasteiger partial charge in [0.25, 0.3) is 0 Å². The van der Waals surface area contributed by atoms with E-state index in [0.717, 1.165) is 6.26 Å². The lowest BCUT2D eigenvalue weighted by molar-refractivity contribution is -0.144. The number of hydrogen-bond acceptors (Lipinski definition) is 5. The van der Waals surface area contributed by atoms with Crippen molar-refractivity contribution in [2.24, 2.45) is 0 Å². The molecule has 2 rings (SSSR count). The van der Waals surface area contributed by atoms with Gasteiger partial charge in [0, 0.05) is 12.8 Å². The van der Waals surface area contributed by atoms with Crippen LogP contribution in [-0.2, 0) is 31.7 Å². The number of carboxylic acid groups (broad SMARTS) is 1. The summed E-state index contributed by atoms with van der Waals surface area (Å²) in [6.45, 7) is 1.37. The molecule has 1 aromatic carbocycles. The normalized spacial score (nSPS) is 11.6. The van der Waals surface area contributed by atoms with Crippen LogP contribution < -0.4 is 0 Å². The van der Waals surface area contributed by atoms with Gasteiger partial charge in [-0.25, -0.2) is 13.4 Å². The van der Waals surface area contributed by atoms with E-state index < -0.39 is 28.3 Å². The predicted molar refractivity (Wildman–Crippen MR) is 88.2 cm³/mol. The van der Waals surface area contributed by atoms with Gasteiger partial charge in [-0.3, -0.25) is 9.59 Å². The van der Waals surface area contributed by atoms with Gasteiger partial charge in [-0.2, -0.15) is 0 Å². The van der Waals surface area contributed by atoms with Crippen LogP contribution in [0.15, 0.2) is 24.3 Å². The van der Waals surface area contributed by atoms with Crippen LogP contribution in [0.4, 0.5) is 0 Å². The number of sulfone groups is 1. The highest BCUT2D eigenvalue weighted by Gasteiger charge is 2.20. The van der Waals surface area contributed by atoms with Gasteiger partial charge in [-0.15, -0.1) is 0 Å². The lowest BCUT2D eigenvalue weighted by Crippen LogP contribution is -2.37. The molecule has 0 spiro atoms. The zero-order valence-electron chi connectivity index (χ0n) is 13.5. The summed E-state index contributed by atoms with van der Waals surface area (Å²) >= 11 is 0. The molecule has 0 bridgehead atoms. The Balaban J connectivity index is 2.40. The third-order valence-electron chi connectivity index (χ3n) is 3.48. The number of fused-ring (bicyclic) bond motifs is 1. The molecule has 1 aromatic heterocycles. The average molecular weight is 353 g/mol. The summed E-state index contributed by atoms with van der Waals surface area (Å²) < 4.78 is 24.8. The van der Waals surface area contributed by atoms with Crippen LogP contribution in [0.3, 0.4) is 0 Å². The second kappa shape index (κ2) is 7.00. The number of nitrogens with zero attached hydrogens (tertiary/aromatic N) is 3. The van der Waals surface area contributed by atoms with Gasteiger partial charge in [0.15, 0.2) is 9.84 Å². The van der Waals surface area contributed by atoms with E-state index in [1.807, 2.05) is 0 Å². The van der Waals surface area contributed by atoms with E-state index >= 15 is 0 Å². The summed E-state index contributed by atoms with van der Waals surface area (Å²) in [5.74, 6) is -1.53. The van der Waals surface area contributed by atoms with E-state index in [-0.39, 0.29) is 24.7 Å². The topological polar surface area (TPSA) is 110 Å². The van der Waals surface area contributed by atoms with Crippen molar-refractivity contribution in [1.82, 2.24) is 14.5 Å². The van der Waals surface area contributed by atoms with Crippen molar-refractivity contribution in [2.45, 2.75) is 19.2 Å². The maximum Gasteiger partial charge on any atom is 0.323 e. The number of carbonyl (C=O) groups excluding carboxylic acids is 1. The van der Waals surface area contributed by atoms with Crippen molar-refractivity contribution >= 4 is 32.7 Å².